The van der Waals surface area contributed by atoms with Gasteiger partial charge in [-0.2, -0.15) is 0 Å². The van der Waals surface area contributed by atoms with E-state index in [-0.39, 0.29) is 27.1 Å². The molecule has 0 saturated carbocycles. The Labute approximate surface area is 221 Å². The Kier molecular flexibility index (Phi) is 7.80. The normalized spacial score (nSPS) is 14.4. The number of ether oxygens (including phenoxy) is 2. The fourth-order valence-electron chi connectivity index (χ4n) is 3.41. The predicted octanol–water partition coefficient (Wildman–Crippen LogP) is 4.34. The molecule has 1 aliphatic heterocycles. The first-order chi connectivity index (χ1) is 17.8. The summed E-state index contributed by atoms with van der Waals surface area (Å²) in [5.41, 5.74) is 0.771. The van der Waals surface area contributed by atoms with Gasteiger partial charge in [0.15, 0.2) is 11.7 Å². The second kappa shape index (κ2) is 11.2. The molecule has 3 aromatic carbocycles. The Morgan fingerprint density at radius 2 is 1.86 bits per heavy atom. The van der Waals surface area contributed by atoms with Crippen LogP contribution >= 0.6 is 23.8 Å². The zero-order valence-corrected chi connectivity index (χ0v) is 20.9. The predicted molar refractivity (Wildman–Crippen MR) is 141 cm³/mol. The number of hydrogen-bond donors (Lipinski definition) is 2. The van der Waals surface area contributed by atoms with E-state index >= 15 is 0 Å². The number of carbonyl (C=O) groups excluding carboxylic acids is 3. The highest BCUT2D eigenvalue weighted by molar-refractivity contribution is 7.80. The molecular formula is C26H19ClFN3O5S. The minimum Gasteiger partial charge on any atom is -0.497 e. The lowest BCUT2D eigenvalue weighted by Gasteiger charge is -2.29. The number of rotatable bonds is 7. The number of anilines is 2. The molecule has 2 N–H and O–H groups in total. The maximum atomic E-state index is 13.7. The van der Waals surface area contributed by atoms with Gasteiger partial charge in [-0.15, -0.1) is 0 Å². The Hall–Kier alpha value is -4.28. The third-order valence-electron chi connectivity index (χ3n) is 5.21. The van der Waals surface area contributed by atoms with E-state index in [1.165, 1.54) is 48.4 Å². The van der Waals surface area contributed by atoms with Crippen molar-refractivity contribution in [1.29, 1.82) is 0 Å². The fourth-order valence-corrected chi connectivity index (χ4v) is 3.93. The Bertz CT molecular complexity index is 1430. The number of methoxy groups -OCH3 is 1. The number of nitrogens with one attached hydrogen (secondary N) is 2. The van der Waals surface area contributed by atoms with E-state index in [2.05, 4.69) is 10.6 Å². The molecule has 0 aromatic heterocycles. The van der Waals surface area contributed by atoms with E-state index in [4.69, 9.17) is 33.3 Å². The first-order valence-corrected chi connectivity index (χ1v) is 11.6. The van der Waals surface area contributed by atoms with Crippen LogP contribution in [0.4, 0.5) is 15.8 Å². The maximum absolute atomic E-state index is 13.7. The summed E-state index contributed by atoms with van der Waals surface area (Å²) in [6, 6.07) is 16.9. The van der Waals surface area contributed by atoms with Crippen molar-refractivity contribution in [1.82, 2.24) is 5.32 Å². The third kappa shape index (κ3) is 5.93. The van der Waals surface area contributed by atoms with E-state index < -0.39 is 30.1 Å². The van der Waals surface area contributed by atoms with Crippen LogP contribution in [0.15, 0.2) is 72.3 Å². The van der Waals surface area contributed by atoms with Gasteiger partial charge in [0.05, 0.1) is 23.5 Å². The van der Waals surface area contributed by atoms with Gasteiger partial charge in [0.2, 0.25) is 0 Å². The molecule has 37 heavy (non-hydrogen) atoms. The molecule has 4 rings (SSSR count). The summed E-state index contributed by atoms with van der Waals surface area (Å²) in [5, 5.41) is 5.01. The van der Waals surface area contributed by atoms with Gasteiger partial charge in [-0.3, -0.25) is 24.6 Å². The molecule has 3 aromatic rings. The van der Waals surface area contributed by atoms with Gasteiger partial charge in [0.1, 0.15) is 22.9 Å². The molecule has 0 bridgehead atoms. The van der Waals surface area contributed by atoms with Gasteiger partial charge in [0, 0.05) is 0 Å². The summed E-state index contributed by atoms with van der Waals surface area (Å²) in [6.45, 7) is -0.413. The SMILES string of the molecule is COc1ccc(N2C(=O)/C(=C/c3ccc(OCC(=O)Nc4ccccc4F)c(Cl)c3)C(=O)NC2=S)cc1. The average Bonchev–Trinajstić information content (AvgIpc) is 2.87. The van der Waals surface area contributed by atoms with Gasteiger partial charge in [-0.25, -0.2) is 4.39 Å². The van der Waals surface area contributed by atoms with Crippen molar-refractivity contribution in [3.05, 3.63) is 88.7 Å². The highest BCUT2D eigenvalue weighted by Gasteiger charge is 2.34. The molecule has 0 aliphatic carbocycles. The largest absolute Gasteiger partial charge is 0.497 e. The van der Waals surface area contributed by atoms with Gasteiger partial charge in [0.25, 0.3) is 17.7 Å². The monoisotopic (exact) mass is 539 g/mol. The van der Waals surface area contributed by atoms with E-state index in [1.54, 1.807) is 36.4 Å². The Morgan fingerprint density at radius 1 is 1.14 bits per heavy atom. The number of benzene rings is 3. The Balaban J connectivity index is 1.48. The van der Waals surface area contributed by atoms with Crippen LogP contribution in [0.2, 0.25) is 5.02 Å². The fraction of sp³-hybridized carbons (Fsp3) is 0.0769. The zero-order valence-electron chi connectivity index (χ0n) is 19.3. The zero-order chi connectivity index (χ0) is 26.5. The van der Waals surface area contributed by atoms with E-state index in [9.17, 15) is 18.8 Å². The van der Waals surface area contributed by atoms with Crippen LogP contribution in [0.1, 0.15) is 5.56 Å². The lowest BCUT2D eigenvalue weighted by molar-refractivity contribution is -0.122. The smallest absolute Gasteiger partial charge is 0.270 e. The molecule has 1 heterocycles. The second-order valence-corrected chi connectivity index (χ2v) is 8.46. The molecule has 0 spiro atoms. The summed E-state index contributed by atoms with van der Waals surface area (Å²) in [7, 11) is 1.52. The molecular weight excluding hydrogens is 521 g/mol. The standard InChI is InChI=1S/C26H19ClFN3O5S/c1-35-17-9-7-16(8-10-17)31-25(34)18(24(33)30-26(31)37)12-15-6-11-22(19(27)13-15)36-14-23(32)29-21-5-3-2-4-20(21)28/h2-13H,14H2,1H3,(H,29,32)(H,30,33,37)/b18-12+. The summed E-state index contributed by atoms with van der Waals surface area (Å²) in [4.78, 5) is 39.0. The van der Waals surface area contributed by atoms with Crippen molar-refractivity contribution in [3.63, 3.8) is 0 Å². The average molecular weight is 540 g/mol. The van der Waals surface area contributed by atoms with Crippen LogP contribution in [0.3, 0.4) is 0 Å². The molecule has 0 radical (unpaired) electrons. The van der Waals surface area contributed by atoms with Gasteiger partial charge in [-0.05, 0) is 72.4 Å². The van der Waals surface area contributed by atoms with Gasteiger partial charge in [-0.1, -0.05) is 29.8 Å². The maximum Gasteiger partial charge on any atom is 0.270 e. The number of hydrogen-bond acceptors (Lipinski definition) is 6. The highest BCUT2D eigenvalue weighted by atomic mass is 35.5. The molecule has 188 valence electrons. The van der Waals surface area contributed by atoms with Crippen molar-refractivity contribution in [3.8, 4) is 11.5 Å². The molecule has 11 heteroatoms. The topological polar surface area (TPSA) is 97.0 Å². The van der Waals surface area contributed by atoms with Crippen LogP contribution in [0.5, 0.6) is 11.5 Å². The van der Waals surface area contributed by atoms with Crippen molar-refractivity contribution in [2.75, 3.05) is 23.9 Å². The first kappa shape index (κ1) is 25.8. The van der Waals surface area contributed by atoms with Crippen molar-refractivity contribution < 1.29 is 28.2 Å². The summed E-state index contributed by atoms with van der Waals surface area (Å²) in [6.07, 6.45) is 1.37. The number of thiocarbonyl (C=S) groups is 1. The number of halogens is 2. The lowest BCUT2D eigenvalue weighted by atomic mass is 10.1. The van der Waals surface area contributed by atoms with Crippen LogP contribution in [0, 0.1) is 5.82 Å². The van der Waals surface area contributed by atoms with Crippen molar-refractivity contribution in [2.45, 2.75) is 0 Å². The molecule has 0 atom stereocenters. The van der Waals surface area contributed by atoms with Crippen molar-refractivity contribution >= 4 is 64.1 Å². The first-order valence-electron chi connectivity index (χ1n) is 10.8. The Morgan fingerprint density at radius 3 is 2.54 bits per heavy atom. The van der Waals surface area contributed by atoms with Crippen LogP contribution in [-0.2, 0) is 14.4 Å². The third-order valence-corrected chi connectivity index (χ3v) is 5.79. The second-order valence-electron chi connectivity index (χ2n) is 7.66. The molecule has 1 saturated heterocycles. The lowest BCUT2D eigenvalue weighted by Crippen LogP contribution is -2.54. The highest BCUT2D eigenvalue weighted by Crippen LogP contribution is 2.28. The molecule has 1 aliphatic rings. The minimum atomic E-state index is -0.652. The van der Waals surface area contributed by atoms with Gasteiger partial charge >= 0.3 is 0 Å². The van der Waals surface area contributed by atoms with Crippen LogP contribution < -0.4 is 25.0 Å². The number of amides is 3. The van der Waals surface area contributed by atoms with Crippen LogP contribution in [-0.4, -0.2) is 36.6 Å². The minimum absolute atomic E-state index is 0.0303. The van der Waals surface area contributed by atoms with Gasteiger partial charge < -0.3 is 14.8 Å². The summed E-state index contributed by atoms with van der Waals surface area (Å²) < 4.78 is 24.3. The van der Waals surface area contributed by atoms with E-state index in [1.807, 2.05) is 0 Å². The summed E-state index contributed by atoms with van der Waals surface area (Å²) >= 11 is 11.5. The van der Waals surface area contributed by atoms with Crippen molar-refractivity contribution in [2.24, 2.45) is 0 Å². The van der Waals surface area contributed by atoms with E-state index in [0.717, 1.165) is 0 Å². The van der Waals surface area contributed by atoms with Crippen LogP contribution in [0.25, 0.3) is 6.08 Å². The number of carbonyl (C=O) groups is 3. The molecule has 1 fully saturated rings. The number of para-hydroxylation sites is 1. The quantitative estimate of drug-likeness (QED) is 0.263. The number of nitrogens with zero attached hydrogens (tertiary/aromatic N) is 1. The molecule has 8 nitrogen and oxygen atoms in total. The molecule has 3 amide bonds. The molecule has 0 unspecified atom stereocenters. The van der Waals surface area contributed by atoms with E-state index in [0.29, 0.717) is 17.0 Å². The summed E-state index contributed by atoms with van der Waals surface area (Å²) in [5.74, 6) is -1.62.